The molecule has 4 nitrogen and oxygen atoms in total. The average Bonchev–Trinajstić information content (AvgIpc) is 2.48. The lowest BCUT2D eigenvalue weighted by atomic mass is 9.87. The third-order valence-electron chi connectivity index (χ3n) is 4.09. The first-order valence-corrected chi connectivity index (χ1v) is 9.75. The van der Waals surface area contributed by atoms with Gasteiger partial charge in [0.1, 0.15) is 5.75 Å². The van der Waals surface area contributed by atoms with E-state index in [-0.39, 0.29) is 10.9 Å². The van der Waals surface area contributed by atoms with Gasteiger partial charge >= 0.3 is 0 Å². The lowest BCUT2D eigenvalue weighted by molar-refractivity contribution is 0.310. The molecule has 1 fully saturated rings. The van der Waals surface area contributed by atoms with Crippen molar-refractivity contribution < 1.29 is 13.2 Å². The molecule has 0 aliphatic heterocycles. The summed E-state index contributed by atoms with van der Waals surface area (Å²) in [6, 6.07) is 4.62. The first-order chi connectivity index (χ1) is 10.4. The van der Waals surface area contributed by atoms with Crippen LogP contribution in [-0.2, 0) is 10.0 Å². The summed E-state index contributed by atoms with van der Waals surface area (Å²) in [7, 11) is -3.55. The van der Waals surface area contributed by atoms with Gasteiger partial charge in [-0.3, -0.25) is 0 Å². The van der Waals surface area contributed by atoms with Crippen molar-refractivity contribution in [3.63, 3.8) is 0 Å². The Labute approximate surface area is 138 Å². The molecule has 0 radical (unpaired) electrons. The zero-order valence-corrected chi connectivity index (χ0v) is 14.7. The predicted molar refractivity (Wildman–Crippen MR) is 89.0 cm³/mol. The molecule has 1 aliphatic carbocycles. The molecular weight excluding hydrogens is 322 g/mol. The second kappa shape index (κ2) is 7.66. The smallest absolute Gasteiger partial charge is 0.240 e. The van der Waals surface area contributed by atoms with Crippen LogP contribution in [0.2, 0.25) is 5.02 Å². The predicted octanol–water partition coefficient (Wildman–Crippen LogP) is 3.99. The highest BCUT2D eigenvalue weighted by Crippen LogP contribution is 2.29. The number of hydrogen-bond acceptors (Lipinski definition) is 3. The molecule has 1 N–H and O–H groups in total. The summed E-state index contributed by atoms with van der Waals surface area (Å²) >= 11 is 6.06. The zero-order valence-electron chi connectivity index (χ0n) is 13.1. The van der Waals surface area contributed by atoms with Crippen LogP contribution in [0.5, 0.6) is 5.75 Å². The number of ether oxygens (including phenoxy) is 1. The van der Waals surface area contributed by atoms with Crippen molar-refractivity contribution in [2.75, 3.05) is 6.61 Å². The summed E-state index contributed by atoms with van der Waals surface area (Å²) in [5, 5.41) is 0.429. The molecule has 0 bridgehead atoms. The molecule has 0 spiro atoms. The van der Waals surface area contributed by atoms with E-state index in [4.69, 9.17) is 16.3 Å². The van der Waals surface area contributed by atoms with E-state index in [1.165, 1.54) is 18.6 Å². The second-order valence-electron chi connectivity index (χ2n) is 5.93. The topological polar surface area (TPSA) is 55.4 Å². The van der Waals surface area contributed by atoms with E-state index in [0.29, 0.717) is 23.3 Å². The molecule has 22 heavy (non-hydrogen) atoms. The third kappa shape index (κ3) is 4.37. The van der Waals surface area contributed by atoms with E-state index in [9.17, 15) is 8.42 Å². The second-order valence-corrected chi connectivity index (χ2v) is 8.05. The number of halogens is 1. The fourth-order valence-corrected chi connectivity index (χ4v) is 4.30. The Morgan fingerprint density at radius 3 is 2.73 bits per heavy atom. The Morgan fingerprint density at radius 1 is 1.32 bits per heavy atom. The van der Waals surface area contributed by atoms with Crippen molar-refractivity contribution in [1.29, 1.82) is 0 Å². The van der Waals surface area contributed by atoms with E-state index >= 15 is 0 Å². The lowest BCUT2D eigenvalue weighted by Crippen LogP contribution is -2.40. The Balaban J connectivity index is 2.17. The van der Waals surface area contributed by atoms with Gasteiger partial charge in [-0.1, -0.05) is 38.3 Å². The molecule has 2 rings (SSSR count). The molecule has 1 aromatic rings. The van der Waals surface area contributed by atoms with Gasteiger partial charge in [-0.15, -0.1) is 0 Å². The Bertz CT molecular complexity index is 603. The Hall–Kier alpha value is -0.780. The van der Waals surface area contributed by atoms with Crippen LogP contribution in [0.4, 0.5) is 0 Å². The van der Waals surface area contributed by atoms with Crippen LogP contribution in [0.15, 0.2) is 23.1 Å². The highest BCUT2D eigenvalue weighted by Gasteiger charge is 2.27. The van der Waals surface area contributed by atoms with E-state index < -0.39 is 10.0 Å². The fourth-order valence-electron chi connectivity index (χ4n) is 2.73. The molecule has 6 heteroatoms. The number of nitrogens with one attached hydrogen (secondary N) is 1. The van der Waals surface area contributed by atoms with Crippen LogP contribution in [0, 0.1) is 5.92 Å². The van der Waals surface area contributed by atoms with Crippen molar-refractivity contribution in [3.8, 4) is 5.75 Å². The molecule has 1 aliphatic rings. The van der Waals surface area contributed by atoms with E-state index in [1.807, 2.05) is 6.92 Å². The number of rotatable bonds is 6. The van der Waals surface area contributed by atoms with Crippen molar-refractivity contribution in [2.45, 2.75) is 56.9 Å². The van der Waals surface area contributed by atoms with Gasteiger partial charge in [-0.2, -0.15) is 0 Å². The van der Waals surface area contributed by atoms with Gasteiger partial charge in [-0.25, -0.2) is 13.1 Å². The van der Waals surface area contributed by atoms with Gasteiger partial charge in [0.25, 0.3) is 0 Å². The molecule has 2 unspecified atom stereocenters. The molecule has 0 saturated heterocycles. The van der Waals surface area contributed by atoms with E-state index in [1.54, 1.807) is 6.07 Å². The van der Waals surface area contributed by atoms with E-state index in [2.05, 4.69) is 11.6 Å². The molecule has 1 aromatic carbocycles. The molecule has 2 atom stereocenters. The summed E-state index contributed by atoms with van der Waals surface area (Å²) in [5.74, 6) is 0.787. The van der Waals surface area contributed by atoms with Crippen LogP contribution in [0.1, 0.15) is 46.0 Å². The van der Waals surface area contributed by atoms with Crippen molar-refractivity contribution >= 4 is 21.6 Å². The van der Waals surface area contributed by atoms with Crippen LogP contribution in [0.3, 0.4) is 0 Å². The molecule has 124 valence electrons. The zero-order chi connectivity index (χ0) is 16.2. The van der Waals surface area contributed by atoms with Crippen molar-refractivity contribution in [2.24, 2.45) is 5.92 Å². The molecule has 0 aromatic heterocycles. The van der Waals surface area contributed by atoms with Crippen molar-refractivity contribution in [1.82, 2.24) is 4.72 Å². The first-order valence-electron chi connectivity index (χ1n) is 7.88. The third-order valence-corrected chi connectivity index (χ3v) is 5.89. The first kappa shape index (κ1) is 17.6. The molecule has 0 amide bonds. The standard InChI is InChI=1S/C16H24ClNO3S/c1-3-10-21-16-11-13(8-9-14(16)17)22(19,20)18-15-7-5-4-6-12(15)2/h8-9,11-12,15,18H,3-7,10H2,1-2H3. The largest absolute Gasteiger partial charge is 0.492 e. The van der Waals surface area contributed by atoms with Crippen molar-refractivity contribution in [3.05, 3.63) is 23.2 Å². The normalized spacial score (nSPS) is 22.5. The minimum absolute atomic E-state index is 0.00874. The lowest BCUT2D eigenvalue weighted by Gasteiger charge is -2.29. The number of sulfonamides is 1. The van der Waals surface area contributed by atoms with Crippen LogP contribution in [-0.4, -0.2) is 21.1 Å². The Kier molecular flexibility index (Phi) is 6.12. The van der Waals surface area contributed by atoms with Crippen LogP contribution < -0.4 is 9.46 Å². The minimum atomic E-state index is -3.55. The molecular formula is C16H24ClNO3S. The van der Waals surface area contributed by atoms with Crippen LogP contribution in [0.25, 0.3) is 0 Å². The maximum atomic E-state index is 12.6. The Morgan fingerprint density at radius 2 is 2.05 bits per heavy atom. The maximum Gasteiger partial charge on any atom is 0.240 e. The fraction of sp³-hybridized carbons (Fsp3) is 0.625. The van der Waals surface area contributed by atoms with Gasteiger partial charge < -0.3 is 4.74 Å². The summed E-state index contributed by atoms with van der Waals surface area (Å²) in [6.07, 6.45) is 5.05. The van der Waals surface area contributed by atoms with Crippen LogP contribution >= 0.6 is 11.6 Å². The maximum absolute atomic E-state index is 12.6. The average molecular weight is 346 g/mol. The molecule has 0 heterocycles. The van der Waals surface area contributed by atoms with Gasteiger partial charge in [0.05, 0.1) is 16.5 Å². The number of benzene rings is 1. The minimum Gasteiger partial charge on any atom is -0.492 e. The summed E-state index contributed by atoms with van der Waals surface area (Å²) in [6.45, 7) is 4.60. The number of hydrogen-bond donors (Lipinski definition) is 1. The monoisotopic (exact) mass is 345 g/mol. The molecule has 1 saturated carbocycles. The summed E-state index contributed by atoms with van der Waals surface area (Å²) in [5.41, 5.74) is 0. The highest BCUT2D eigenvalue weighted by atomic mass is 35.5. The van der Waals surface area contributed by atoms with Gasteiger partial charge in [0, 0.05) is 12.1 Å². The van der Waals surface area contributed by atoms with E-state index in [0.717, 1.165) is 25.7 Å². The van der Waals surface area contributed by atoms with Gasteiger partial charge in [0.2, 0.25) is 10.0 Å². The van der Waals surface area contributed by atoms with Gasteiger partial charge in [0.15, 0.2) is 0 Å². The SMILES string of the molecule is CCCOc1cc(S(=O)(=O)NC2CCCCC2C)ccc1Cl. The highest BCUT2D eigenvalue weighted by molar-refractivity contribution is 7.89. The summed E-state index contributed by atoms with van der Waals surface area (Å²) < 4.78 is 33.5. The van der Waals surface area contributed by atoms with Gasteiger partial charge in [-0.05, 0) is 37.3 Å². The quantitative estimate of drug-likeness (QED) is 0.848. The summed E-state index contributed by atoms with van der Waals surface area (Å²) in [4.78, 5) is 0.209.